The van der Waals surface area contributed by atoms with Crippen LogP contribution in [0.3, 0.4) is 0 Å². The molecular weight excluding hydrogens is 244 g/mol. The molecule has 0 saturated carbocycles. The molecule has 2 N–H and O–H groups in total. The number of aromatic nitrogens is 2. The van der Waals surface area contributed by atoms with Crippen LogP contribution in [0.5, 0.6) is 0 Å². The minimum atomic E-state index is -0.992. The summed E-state index contributed by atoms with van der Waals surface area (Å²) in [6.07, 6.45) is 2.71. The van der Waals surface area contributed by atoms with Crippen LogP contribution in [-0.2, 0) is 6.54 Å². The molecule has 106 valence electrons. The number of hydrogen-bond acceptors (Lipinski definition) is 5. The number of carboxylic acid groups (broad SMARTS) is 1. The van der Waals surface area contributed by atoms with Crippen LogP contribution in [0.25, 0.3) is 0 Å². The van der Waals surface area contributed by atoms with Crippen LogP contribution in [0.1, 0.15) is 36.8 Å². The van der Waals surface area contributed by atoms with Crippen molar-refractivity contribution in [3.8, 4) is 0 Å². The fourth-order valence-corrected chi connectivity index (χ4v) is 1.88. The monoisotopic (exact) mass is 266 g/mol. The standard InChI is InChI=1S/C13H22N4O2/c1-4-17(5-2)8-10(3)15-7-12-11(13(18)19)6-14-9-16-12/h6,9-10,15H,4-5,7-8H2,1-3H3,(H,18,19). The van der Waals surface area contributed by atoms with Gasteiger partial charge in [-0.15, -0.1) is 0 Å². The molecule has 6 heteroatoms. The first-order chi connectivity index (χ1) is 9.08. The summed E-state index contributed by atoms with van der Waals surface area (Å²) < 4.78 is 0. The Balaban J connectivity index is 2.55. The molecule has 0 saturated heterocycles. The van der Waals surface area contributed by atoms with Crippen LogP contribution >= 0.6 is 0 Å². The lowest BCUT2D eigenvalue weighted by Crippen LogP contribution is -2.39. The third kappa shape index (κ3) is 4.92. The summed E-state index contributed by atoms with van der Waals surface area (Å²) in [6, 6.07) is 0.275. The summed E-state index contributed by atoms with van der Waals surface area (Å²) in [5, 5.41) is 12.3. The summed E-state index contributed by atoms with van der Waals surface area (Å²) in [6.45, 7) is 9.73. The summed E-state index contributed by atoms with van der Waals surface area (Å²) in [4.78, 5) is 21.1. The topological polar surface area (TPSA) is 78.3 Å². The van der Waals surface area contributed by atoms with Gasteiger partial charge in [0.15, 0.2) is 0 Å². The zero-order chi connectivity index (χ0) is 14.3. The number of nitrogens with zero attached hydrogens (tertiary/aromatic N) is 3. The van der Waals surface area contributed by atoms with Gasteiger partial charge in [0.05, 0.1) is 5.69 Å². The van der Waals surface area contributed by atoms with E-state index in [1.54, 1.807) is 0 Å². The van der Waals surface area contributed by atoms with E-state index in [1.807, 2.05) is 0 Å². The molecular formula is C13H22N4O2. The number of carboxylic acids is 1. The van der Waals surface area contributed by atoms with Gasteiger partial charge < -0.3 is 15.3 Å². The summed E-state index contributed by atoms with van der Waals surface area (Å²) >= 11 is 0. The number of rotatable bonds is 8. The lowest BCUT2D eigenvalue weighted by atomic mass is 10.2. The maximum atomic E-state index is 11.0. The summed E-state index contributed by atoms with van der Waals surface area (Å²) in [7, 11) is 0. The lowest BCUT2D eigenvalue weighted by molar-refractivity contribution is 0.0694. The number of hydrogen-bond donors (Lipinski definition) is 2. The first kappa shape index (κ1) is 15.5. The van der Waals surface area contributed by atoms with Crippen LogP contribution in [0, 0.1) is 0 Å². The van der Waals surface area contributed by atoms with Gasteiger partial charge in [-0.3, -0.25) is 0 Å². The van der Waals surface area contributed by atoms with Gasteiger partial charge in [-0.05, 0) is 20.0 Å². The zero-order valence-electron chi connectivity index (χ0n) is 11.8. The van der Waals surface area contributed by atoms with Crippen molar-refractivity contribution in [2.24, 2.45) is 0 Å². The Kier molecular flexibility index (Phi) is 6.38. The van der Waals surface area contributed by atoms with Gasteiger partial charge >= 0.3 is 5.97 Å². The average molecular weight is 266 g/mol. The van der Waals surface area contributed by atoms with Gasteiger partial charge in [-0.1, -0.05) is 13.8 Å². The van der Waals surface area contributed by atoms with Gasteiger partial charge in [0.2, 0.25) is 0 Å². The Morgan fingerprint density at radius 2 is 2.16 bits per heavy atom. The highest BCUT2D eigenvalue weighted by molar-refractivity contribution is 5.88. The minimum Gasteiger partial charge on any atom is -0.478 e. The van der Waals surface area contributed by atoms with Crippen LogP contribution in [0.4, 0.5) is 0 Å². The molecule has 1 rings (SSSR count). The Morgan fingerprint density at radius 1 is 1.47 bits per heavy atom. The van der Waals surface area contributed by atoms with E-state index in [4.69, 9.17) is 5.11 Å². The van der Waals surface area contributed by atoms with Crippen molar-refractivity contribution in [3.63, 3.8) is 0 Å². The van der Waals surface area contributed by atoms with Crippen LogP contribution < -0.4 is 5.32 Å². The number of aromatic carboxylic acids is 1. The SMILES string of the molecule is CCN(CC)CC(C)NCc1ncncc1C(=O)O. The first-order valence-corrected chi connectivity index (χ1v) is 6.56. The predicted octanol–water partition coefficient (Wildman–Crippen LogP) is 0.995. The second kappa shape index (κ2) is 7.81. The highest BCUT2D eigenvalue weighted by atomic mass is 16.4. The molecule has 0 aliphatic rings. The van der Waals surface area contributed by atoms with Crippen LogP contribution in [0.2, 0.25) is 0 Å². The van der Waals surface area contributed by atoms with E-state index in [2.05, 4.69) is 41.0 Å². The molecule has 6 nitrogen and oxygen atoms in total. The first-order valence-electron chi connectivity index (χ1n) is 6.56. The van der Waals surface area contributed by atoms with E-state index in [9.17, 15) is 4.79 Å². The van der Waals surface area contributed by atoms with Gasteiger partial charge in [0.25, 0.3) is 0 Å². The van der Waals surface area contributed by atoms with Crippen LogP contribution in [-0.4, -0.2) is 51.6 Å². The molecule has 19 heavy (non-hydrogen) atoms. The molecule has 0 aromatic carbocycles. The molecule has 1 atom stereocenters. The second-order valence-electron chi connectivity index (χ2n) is 4.46. The smallest absolute Gasteiger partial charge is 0.339 e. The van der Waals surface area contributed by atoms with Gasteiger partial charge in [-0.2, -0.15) is 0 Å². The molecule has 0 bridgehead atoms. The normalized spacial score (nSPS) is 12.6. The molecule has 1 aromatic rings. The highest BCUT2D eigenvalue weighted by Gasteiger charge is 2.13. The maximum Gasteiger partial charge on any atom is 0.339 e. The highest BCUT2D eigenvalue weighted by Crippen LogP contribution is 2.04. The molecule has 0 aliphatic heterocycles. The van der Waals surface area contributed by atoms with Crippen molar-refractivity contribution in [2.75, 3.05) is 19.6 Å². The van der Waals surface area contributed by atoms with E-state index in [1.165, 1.54) is 12.5 Å². The quantitative estimate of drug-likeness (QED) is 0.730. The Morgan fingerprint density at radius 3 is 2.74 bits per heavy atom. The maximum absolute atomic E-state index is 11.0. The minimum absolute atomic E-state index is 0.157. The lowest BCUT2D eigenvalue weighted by Gasteiger charge is -2.23. The van der Waals surface area contributed by atoms with E-state index >= 15 is 0 Å². The molecule has 0 aliphatic carbocycles. The Bertz CT molecular complexity index is 407. The summed E-state index contributed by atoms with van der Waals surface area (Å²) in [5.74, 6) is -0.992. The fourth-order valence-electron chi connectivity index (χ4n) is 1.88. The summed E-state index contributed by atoms with van der Waals surface area (Å²) in [5.41, 5.74) is 0.680. The van der Waals surface area contributed by atoms with Crippen molar-refractivity contribution in [1.29, 1.82) is 0 Å². The van der Waals surface area contributed by atoms with Crippen molar-refractivity contribution in [2.45, 2.75) is 33.4 Å². The molecule has 1 aromatic heterocycles. The van der Waals surface area contributed by atoms with E-state index in [-0.39, 0.29) is 11.6 Å². The van der Waals surface area contributed by atoms with Crippen molar-refractivity contribution in [3.05, 3.63) is 23.8 Å². The number of likely N-dealkylation sites (N-methyl/N-ethyl adjacent to an activating group) is 1. The second-order valence-corrected chi connectivity index (χ2v) is 4.46. The average Bonchev–Trinajstić information content (AvgIpc) is 2.42. The molecule has 0 radical (unpaired) electrons. The fraction of sp³-hybridized carbons (Fsp3) is 0.615. The van der Waals surface area contributed by atoms with E-state index in [0.29, 0.717) is 12.2 Å². The Hall–Kier alpha value is -1.53. The van der Waals surface area contributed by atoms with Gasteiger partial charge in [-0.25, -0.2) is 14.8 Å². The Labute approximate surface area is 113 Å². The number of nitrogens with one attached hydrogen (secondary N) is 1. The molecule has 0 spiro atoms. The van der Waals surface area contributed by atoms with Crippen LogP contribution in [0.15, 0.2) is 12.5 Å². The molecule has 1 heterocycles. The number of carbonyl (C=O) groups is 1. The third-order valence-corrected chi connectivity index (χ3v) is 3.07. The van der Waals surface area contributed by atoms with Gasteiger partial charge in [0, 0.05) is 25.3 Å². The van der Waals surface area contributed by atoms with Crippen molar-refractivity contribution in [1.82, 2.24) is 20.2 Å². The van der Waals surface area contributed by atoms with Crippen molar-refractivity contribution >= 4 is 5.97 Å². The molecule has 0 fully saturated rings. The van der Waals surface area contributed by atoms with E-state index < -0.39 is 5.97 Å². The predicted molar refractivity (Wildman–Crippen MR) is 73.1 cm³/mol. The zero-order valence-corrected chi connectivity index (χ0v) is 11.8. The van der Waals surface area contributed by atoms with E-state index in [0.717, 1.165) is 19.6 Å². The third-order valence-electron chi connectivity index (χ3n) is 3.07. The molecule has 1 unspecified atom stereocenters. The molecule has 0 amide bonds. The largest absolute Gasteiger partial charge is 0.478 e. The van der Waals surface area contributed by atoms with Crippen molar-refractivity contribution < 1.29 is 9.90 Å². The van der Waals surface area contributed by atoms with Gasteiger partial charge in [0.1, 0.15) is 11.9 Å².